The summed E-state index contributed by atoms with van der Waals surface area (Å²) in [7, 11) is 0. The van der Waals surface area contributed by atoms with Crippen molar-refractivity contribution in [3.05, 3.63) is 22.5 Å². The molecule has 1 fully saturated rings. The van der Waals surface area contributed by atoms with Crippen LogP contribution in [0.4, 0.5) is 4.39 Å². The lowest BCUT2D eigenvalue weighted by Crippen LogP contribution is -2.20. The van der Waals surface area contributed by atoms with Crippen LogP contribution in [0, 0.1) is 29.6 Å². The molecule has 0 aromatic heterocycles. The Morgan fingerprint density at radius 2 is 2.19 bits per heavy atom. The molecule has 1 aliphatic rings. The number of hydrogen-bond donors (Lipinski definition) is 0. The first-order chi connectivity index (χ1) is 9.75. The number of terminal acetylenes is 1. The Bertz CT molecular complexity index is 504. The van der Waals surface area contributed by atoms with Crippen LogP contribution in [0.25, 0.3) is 0 Å². The van der Waals surface area contributed by atoms with Crippen molar-refractivity contribution >= 4 is 45.1 Å². The number of ether oxygens (including phenoxy) is 1. The van der Waals surface area contributed by atoms with E-state index in [-0.39, 0.29) is 15.8 Å². The average Bonchev–Trinajstić information content (AvgIpc) is 2.93. The second kappa shape index (κ2) is 7.67. The number of rotatable bonds is 6. The second-order valence-electron chi connectivity index (χ2n) is 5.33. The summed E-state index contributed by atoms with van der Waals surface area (Å²) >= 11 is 14.4. The Hall–Kier alpha value is -0.500. The number of esters is 1. The summed E-state index contributed by atoms with van der Waals surface area (Å²) in [5.41, 5.74) is -0.332. The number of carbonyl (C=O) groups excluding carboxylic acids is 1. The van der Waals surface area contributed by atoms with Gasteiger partial charge in [0.2, 0.25) is 6.10 Å². The fraction of sp³-hybridized carbons (Fsp3) is 0.533. The Balaban J connectivity index is 2.73. The molecule has 6 heteroatoms. The summed E-state index contributed by atoms with van der Waals surface area (Å²) in [5, 5.41) is 0.600. The highest BCUT2D eigenvalue weighted by molar-refractivity contribution is 9.09. The van der Waals surface area contributed by atoms with E-state index in [1.54, 1.807) is 6.08 Å². The predicted octanol–water partition coefficient (Wildman–Crippen LogP) is 4.76. The molecule has 1 saturated carbocycles. The van der Waals surface area contributed by atoms with E-state index in [9.17, 15) is 9.18 Å². The van der Waals surface area contributed by atoms with Crippen LogP contribution in [-0.4, -0.2) is 17.4 Å². The van der Waals surface area contributed by atoms with Gasteiger partial charge in [0.1, 0.15) is 10.3 Å². The summed E-state index contributed by atoms with van der Waals surface area (Å²) in [5.74, 6) is 0.402. The third-order valence-corrected chi connectivity index (χ3v) is 4.26. The predicted molar refractivity (Wildman–Crippen MR) is 86.9 cm³/mol. The van der Waals surface area contributed by atoms with Crippen molar-refractivity contribution in [2.45, 2.75) is 26.4 Å². The minimum absolute atomic E-state index is 0.0975. The molecule has 0 spiro atoms. The summed E-state index contributed by atoms with van der Waals surface area (Å²) in [6.45, 7) is 3.78. The zero-order chi connectivity index (χ0) is 16.2. The topological polar surface area (TPSA) is 26.3 Å². The molecule has 0 aromatic rings. The van der Waals surface area contributed by atoms with Crippen molar-refractivity contribution in [1.29, 1.82) is 0 Å². The highest BCUT2D eigenvalue weighted by Gasteiger charge is 2.62. The maximum atomic E-state index is 13.8. The fourth-order valence-electron chi connectivity index (χ4n) is 2.23. The van der Waals surface area contributed by atoms with Gasteiger partial charge in [-0.3, -0.25) is 4.79 Å². The van der Waals surface area contributed by atoms with Crippen molar-refractivity contribution in [1.82, 2.24) is 0 Å². The van der Waals surface area contributed by atoms with Gasteiger partial charge < -0.3 is 4.74 Å². The van der Waals surface area contributed by atoms with E-state index < -0.39 is 23.8 Å². The van der Waals surface area contributed by atoms with Gasteiger partial charge in [-0.25, -0.2) is 4.39 Å². The van der Waals surface area contributed by atoms with Gasteiger partial charge >= 0.3 is 5.97 Å². The van der Waals surface area contributed by atoms with Crippen molar-refractivity contribution in [2.24, 2.45) is 17.3 Å². The molecule has 0 heterocycles. The van der Waals surface area contributed by atoms with Gasteiger partial charge in [0, 0.05) is 5.33 Å². The van der Waals surface area contributed by atoms with Gasteiger partial charge in [-0.2, -0.15) is 0 Å². The quantitative estimate of drug-likeness (QED) is 0.367. The van der Waals surface area contributed by atoms with E-state index in [2.05, 4.69) is 21.9 Å². The molecule has 0 aliphatic heterocycles. The van der Waals surface area contributed by atoms with Crippen molar-refractivity contribution < 1.29 is 13.9 Å². The smallest absolute Gasteiger partial charge is 0.311 e. The molecule has 21 heavy (non-hydrogen) atoms. The zero-order valence-corrected chi connectivity index (χ0v) is 14.8. The Morgan fingerprint density at radius 1 is 1.57 bits per heavy atom. The molecule has 0 bridgehead atoms. The van der Waals surface area contributed by atoms with Crippen LogP contribution in [-0.2, 0) is 9.53 Å². The van der Waals surface area contributed by atoms with Crippen LogP contribution in [0.3, 0.4) is 0 Å². The summed E-state index contributed by atoms with van der Waals surface area (Å²) in [6, 6.07) is 0. The molecule has 0 amide bonds. The van der Waals surface area contributed by atoms with Gasteiger partial charge in [0.25, 0.3) is 0 Å². The monoisotopic (exact) mass is 396 g/mol. The van der Waals surface area contributed by atoms with Crippen LogP contribution in [0.5, 0.6) is 0 Å². The van der Waals surface area contributed by atoms with Gasteiger partial charge in [0.15, 0.2) is 0 Å². The van der Waals surface area contributed by atoms with Gasteiger partial charge in [-0.15, -0.1) is 6.42 Å². The fourth-order valence-corrected chi connectivity index (χ4v) is 2.73. The van der Waals surface area contributed by atoms with E-state index in [4.69, 9.17) is 34.4 Å². The van der Waals surface area contributed by atoms with Crippen LogP contribution >= 0.6 is 39.1 Å². The van der Waals surface area contributed by atoms with Crippen molar-refractivity contribution in [3.63, 3.8) is 0 Å². The number of halogens is 4. The highest BCUT2D eigenvalue weighted by atomic mass is 79.9. The molecule has 0 radical (unpaired) electrons. The standard InChI is InChI=1S/C15H16BrCl2FO2/c1-4-11(10(19)6-5-7-16)21-14(20)13-9(8-12(17)18)15(13,2)3/h1,6,8-9,11,13H,5,7H2,2-3H3. The lowest BCUT2D eigenvalue weighted by molar-refractivity contribution is -0.148. The highest BCUT2D eigenvalue weighted by Crippen LogP contribution is 2.60. The Morgan fingerprint density at radius 3 is 2.67 bits per heavy atom. The van der Waals surface area contributed by atoms with E-state index in [0.717, 1.165) is 0 Å². The molecular weight excluding hydrogens is 382 g/mol. The molecule has 116 valence electrons. The SMILES string of the molecule is C#CC(OC(=O)C1C(C=C(Cl)Cl)C1(C)C)C(F)=CCCBr. The third-order valence-electron chi connectivity index (χ3n) is 3.55. The lowest BCUT2D eigenvalue weighted by atomic mass is 10.1. The van der Waals surface area contributed by atoms with Crippen molar-refractivity contribution in [3.8, 4) is 12.3 Å². The van der Waals surface area contributed by atoms with Crippen LogP contribution in [0.2, 0.25) is 0 Å². The normalized spacial score (nSPS) is 24.7. The molecule has 3 atom stereocenters. The molecular formula is C15H16BrCl2FO2. The number of hydrogen-bond acceptors (Lipinski definition) is 2. The molecule has 1 aliphatic carbocycles. The Labute approximate surface area is 142 Å². The van der Waals surface area contributed by atoms with Gasteiger partial charge in [0.05, 0.1) is 5.92 Å². The third kappa shape index (κ3) is 4.74. The first-order valence-corrected chi connectivity index (χ1v) is 8.24. The molecule has 2 nitrogen and oxygen atoms in total. The average molecular weight is 398 g/mol. The van der Waals surface area contributed by atoms with E-state index in [1.807, 2.05) is 13.8 Å². The minimum atomic E-state index is -1.29. The zero-order valence-electron chi connectivity index (χ0n) is 11.7. The van der Waals surface area contributed by atoms with Crippen LogP contribution < -0.4 is 0 Å². The van der Waals surface area contributed by atoms with Crippen LogP contribution in [0.1, 0.15) is 20.3 Å². The van der Waals surface area contributed by atoms with Gasteiger partial charge in [-0.05, 0) is 29.9 Å². The summed E-state index contributed by atoms with van der Waals surface area (Å²) in [4.78, 5) is 12.1. The largest absolute Gasteiger partial charge is 0.441 e. The van der Waals surface area contributed by atoms with Gasteiger partial charge in [-0.1, -0.05) is 58.9 Å². The summed E-state index contributed by atoms with van der Waals surface area (Å²) < 4.78 is 18.9. The second-order valence-corrected chi connectivity index (χ2v) is 7.13. The molecule has 0 saturated heterocycles. The number of carbonyl (C=O) groups is 1. The first-order valence-electron chi connectivity index (χ1n) is 6.36. The maximum Gasteiger partial charge on any atom is 0.311 e. The molecule has 0 aromatic carbocycles. The first kappa shape index (κ1) is 18.5. The molecule has 3 unspecified atom stereocenters. The van der Waals surface area contributed by atoms with E-state index in [0.29, 0.717) is 11.8 Å². The number of allylic oxidation sites excluding steroid dienone is 2. The molecule has 0 N–H and O–H groups in total. The molecule has 1 rings (SSSR count). The maximum absolute atomic E-state index is 13.8. The van der Waals surface area contributed by atoms with Crippen molar-refractivity contribution in [2.75, 3.05) is 5.33 Å². The summed E-state index contributed by atoms with van der Waals surface area (Å²) in [6.07, 6.45) is 7.29. The Kier molecular flexibility index (Phi) is 6.77. The van der Waals surface area contributed by atoms with E-state index in [1.165, 1.54) is 6.08 Å². The number of alkyl halides is 1. The van der Waals surface area contributed by atoms with Crippen LogP contribution in [0.15, 0.2) is 22.5 Å². The lowest BCUT2D eigenvalue weighted by Gasteiger charge is -2.11. The minimum Gasteiger partial charge on any atom is -0.441 e. The van der Waals surface area contributed by atoms with E-state index >= 15 is 0 Å².